The van der Waals surface area contributed by atoms with E-state index in [9.17, 15) is 4.79 Å². The van der Waals surface area contributed by atoms with Crippen molar-refractivity contribution in [2.45, 2.75) is 199 Å². The van der Waals surface area contributed by atoms with Crippen molar-refractivity contribution in [3.63, 3.8) is 0 Å². The van der Waals surface area contributed by atoms with Gasteiger partial charge in [0, 0.05) is 13.2 Å². The zero-order chi connectivity index (χ0) is 30.8. The highest BCUT2D eigenvalue weighted by atomic mass is 19.1. The molecule has 5 saturated carbocycles. The van der Waals surface area contributed by atoms with Crippen LogP contribution in [0.5, 0.6) is 0 Å². The van der Waals surface area contributed by atoms with E-state index < -0.39 is 17.0 Å². The molecule has 0 atom stereocenters. The van der Waals surface area contributed by atoms with Crippen LogP contribution in [0.15, 0.2) is 0 Å². The van der Waals surface area contributed by atoms with E-state index in [2.05, 4.69) is 13.8 Å². The van der Waals surface area contributed by atoms with Crippen LogP contribution in [-0.4, -0.2) is 37.4 Å². The first-order valence-corrected chi connectivity index (χ1v) is 19.9. The molecule has 2 spiro atoms. The maximum atomic E-state index is 16.3. The standard InChI is InChI=1S/C40H69FO3/c1-3-5-7-9-11-29-43-35-17-13-31(14-18-35)33-21-25-39(26-22-33)37(41)40(38(39)42)27-23-34(24-28-40)32-15-19-36(20-16-32)44-30-12-10-8-6-4-2/h31-37H,3-30H2,1-2H3. The Morgan fingerprint density at radius 2 is 0.864 bits per heavy atom. The van der Waals surface area contributed by atoms with E-state index >= 15 is 4.39 Å². The number of ether oxygens (including phenoxy) is 2. The lowest BCUT2D eigenvalue weighted by Gasteiger charge is -2.62. The van der Waals surface area contributed by atoms with Crippen LogP contribution in [0, 0.1) is 34.5 Å². The smallest absolute Gasteiger partial charge is 0.151 e. The molecule has 0 saturated heterocycles. The summed E-state index contributed by atoms with van der Waals surface area (Å²) in [6.07, 6.45) is 30.5. The van der Waals surface area contributed by atoms with Gasteiger partial charge in [0.25, 0.3) is 0 Å². The van der Waals surface area contributed by atoms with Gasteiger partial charge in [-0.25, -0.2) is 4.39 Å². The molecule has 5 rings (SSSR count). The van der Waals surface area contributed by atoms with E-state index in [0.29, 0.717) is 29.8 Å². The van der Waals surface area contributed by atoms with Crippen molar-refractivity contribution in [3.8, 4) is 0 Å². The predicted octanol–water partition coefficient (Wildman–Crippen LogP) is 11.4. The Morgan fingerprint density at radius 1 is 0.523 bits per heavy atom. The number of unbranched alkanes of at least 4 members (excludes halogenated alkanes) is 8. The Kier molecular flexibility index (Phi) is 13.5. The first kappa shape index (κ1) is 34.8. The molecule has 0 aromatic carbocycles. The van der Waals surface area contributed by atoms with Crippen LogP contribution in [0.25, 0.3) is 0 Å². The fourth-order valence-corrected chi connectivity index (χ4v) is 10.8. The molecular weight excluding hydrogens is 547 g/mol. The first-order chi connectivity index (χ1) is 21.5. The number of ketones is 1. The molecule has 0 aromatic rings. The summed E-state index contributed by atoms with van der Waals surface area (Å²) in [5.41, 5.74) is -1.24. The molecule has 5 fully saturated rings. The van der Waals surface area contributed by atoms with Gasteiger partial charge in [0.1, 0.15) is 6.17 Å². The van der Waals surface area contributed by atoms with Gasteiger partial charge in [0.15, 0.2) is 5.78 Å². The Hall–Kier alpha value is -0.480. The van der Waals surface area contributed by atoms with Gasteiger partial charge in [-0.3, -0.25) is 4.79 Å². The summed E-state index contributed by atoms with van der Waals surface area (Å²) in [4.78, 5) is 13.9. The molecule has 3 nitrogen and oxygen atoms in total. The summed E-state index contributed by atoms with van der Waals surface area (Å²) >= 11 is 0. The summed E-state index contributed by atoms with van der Waals surface area (Å²) in [5, 5.41) is 0. The monoisotopic (exact) mass is 617 g/mol. The van der Waals surface area contributed by atoms with Gasteiger partial charge >= 0.3 is 0 Å². The van der Waals surface area contributed by atoms with Crippen LogP contribution in [0.3, 0.4) is 0 Å². The number of halogens is 1. The van der Waals surface area contributed by atoms with Crippen LogP contribution in [0.2, 0.25) is 0 Å². The molecule has 254 valence electrons. The molecule has 5 aliphatic carbocycles. The minimum absolute atomic E-state index is 0.349. The Morgan fingerprint density at radius 3 is 1.20 bits per heavy atom. The number of hydrogen-bond donors (Lipinski definition) is 0. The van der Waals surface area contributed by atoms with Crippen molar-refractivity contribution in [1.29, 1.82) is 0 Å². The highest BCUT2D eigenvalue weighted by Crippen LogP contribution is 2.66. The van der Waals surface area contributed by atoms with E-state index in [4.69, 9.17) is 9.47 Å². The van der Waals surface area contributed by atoms with E-state index in [1.165, 1.54) is 116 Å². The summed E-state index contributed by atoms with van der Waals surface area (Å²) in [6, 6.07) is 0. The Bertz CT molecular complexity index is 760. The molecular formula is C40H69FO3. The molecule has 4 heteroatoms. The Labute approximate surface area is 270 Å². The molecule has 0 N–H and O–H groups in total. The van der Waals surface area contributed by atoms with E-state index in [1.807, 2.05) is 0 Å². The number of carbonyl (C=O) groups excluding carboxylic acids is 1. The fourth-order valence-electron chi connectivity index (χ4n) is 10.8. The minimum atomic E-state index is -0.882. The highest BCUT2D eigenvalue weighted by Gasteiger charge is 2.71. The van der Waals surface area contributed by atoms with Crippen molar-refractivity contribution in [2.24, 2.45) is 34.5 Å². The lowest BCUT2D eigenvalue weighted by molar-refractivity contribution is -0.195. The number of carbonyl (C=O) groups is 1. The lowest BCUT2D eigenvalue weighted by Crippen LogP contribution is -2.69. The molecule has 0 unspecified atom stereocenters. The van der Waals surface area contributed by atoms with Gasteiger partial charge in [-0.15, -0.1) is 0 Å². The fraction of sp³-hybridized carbons (Fsp3) is 0.975. The largest absolute Gasteiger partial charge is 0.378 e. The quantitative estimate of drug-likeness (QED) is 0.162. The predicted molar refractivity (Wildman–Crippen MR) is 180 cm³/mol. The van der Waals surface area contributed by atoms with Crippen LogP contribution < -0.4 is 0 Å². The molecule has 0 heterocycles. The highest BCUT2D eigenvalue weighted by molar-refractivity contribution is 5.98. The Balaban J connectivity index is 0.970. The molecule has 0 bridgehead atoms. The van der Waals surface area contributed by atoms with Crippen molar-refractivity contribution in [2.75, 3.05) is 13.2 Å². The van der Waals surface area contributed by atoms with Gasteiger partial charge in [-0.05, 0) is 139 Å². The average molecular weight is 617 g/mol. The van der Waals surface area contributed by atoms with Gasteiger partial charge in [-0.1, -0.05) is 65.2 Å². The summed E-state index contributed by atoms with van der Waals surface area (Å²) in [7, 11) is 0. The SMILES string of the molecule is CCCCCCCOC1CCC(C2CCC3(CC2)C(=O)C2(CCC(C4CCC(OCCCCCCC)CC4)CC2)C3F)CC1. The lowest BCUT2D eigenvalue weighted by atomic mass is 9.41. The zero-order valence-corrected chi connectivity index (χ0v) is 28.9. The second kappa shape index (κ2) is 17.1. The van der Waals surface area contributed by atoms with Gasteiger partial charge in [0.05, 0.1) is 23.0 Å². The van der Waals surface area contributed by atoms with E-state index in [0.717, 1.165) is 76.4 Å². The number of alkyl halides is 1. The molecule has 0 amide bonds. The second-order valence-electron chi connectivity index (χ2n) is 16.3. The van der Waals surface area contributed by atoms with Crippen LogP contribution >= 0.6 is 0 Å². The molecule has 44 heavy (non-hydrogen) atoms. The third-order valence-electron chi connectivity index (χ3n) is 13.7. The third-order valence-corrected chi connectivity index (χ3v) is 13.7. The topological polar surface area (TPSA) is 35.5 Å². The first-order valence-electron chi connectivity index (χ1n) is 19.9. The van der Waals surface area contributed by atoms with Crippen LogP contribution in [0.1, 0.15) is 181 Å². The van der Waals surface area contributed by atoms with Crippen molar-refractivity contribution in [3.05, 3.63) is 0 Å². The third kappa shape index (κ3) is 8.14. The average Bonchev–Trinajstić information content (AvgIpc) is 3.08. The molecule has 5 aliphatic rings. The van der Waals surface area contributed by atoms with E-state index in [-0.39, 0.29) is 0 Å². The van der Waals surface area contributed by atoms with Gasteiger partial charge in [0.2, 0.25) is 0 Å². The van der Waals surface area contributed by atoms with Crippen LogP contribution in [-0.2, 0) is 14.3 Å². The van der Waals surface area contributed by atoms with Gasteiger partial charge in [-0.2, -0.15) is 0 Å². The number of Topliss-reactive ketones (excluding diaryl/α,β-unsaturated/α-hetero) is 1. The maximum Gasteiger partial charge on any atom is 0.151 e. The molecule has 0 aliphatic heterocycles. The number of rotatable bonds is 16. The maximum absolute atomic E-state index is 16.3. The second-order valence-corrected chi connectivity index (χ2v) is 16.3. The number of hydrogen-bond acceptors (Lipinski definition) is 3. The van der Waals surface area contributed by atoms with Crippen molar-refractivity contribution in [1.82, 2.24) is 0 Å². The van der Waals surface area contributed by atoms with Gasteiger partial charge < -0.3 is 9.47 Å². The van der Waals surface area contributed by atoms with E-state index in [1.54, 1.807) is 0 Å². The molecule has 0 aromatic heterocycles. The zero-order valence-electron chi connectivity index (χ0n) is 28.9. The van der Waals surface area contributed by atoms with Crippen LogP contribution in [0.4, 0.5) is 4.39 Å². The summed E-state index contributed by atoms with van der Waals surface area (Å²) in [5.74, 6) is 3.27. The summed E-state index contributed by atoms with van der Waals surface area (Å²) in [6.45, 7) is 6.40. The van der Waals surface area contributed by atoms with Crippen molar-refractivity contribution >= 4 is 5.78 Å². The normalized spacial score (nSPS) is 39.5. The van der Waals surface area contributed by atoms with Crippen molar-refractivity contribution < 1.29 is 18.7 Å². The molecule has 0 radical (unpaired) electrons. The summed E-state index contributed by atoms with van der Waals surface area (Å²) < 4.78 is 28.7. The minimum Gasteiger partial charge on any atom is -0.378 e.